The molecule has 1 aliphatic heterocycles. The fourth-order valence-corrected chi connectivity index (χ4v) is 3.56. The number of carbonyl (C=O) groups excluding carboxylic acids is 3. The highest BCUT2D eigenvalue weighted by Crippen LogP contribution is 2.05. The predicted octanol–water partition coefficient (Wildman–Crippen LogP) is -2.95. The summed E-state index contributed by atoms with van der Waals surface area (Å²) in [6.07, 6.45) is 3.29. The van der Waals surface area contributed by atoms with Crippen LogP contribution < -0.4 is 5.32 Å². The Kier molecular flexibility index (Phi) is 14.2. The summed E-state index contributed by atoms with van der Waals surface area (Å²) in [4.78, 5) is 84.7. The highest BCUT2D eigenvalue weighted by molar-refractivity contribution is 6.12. The van der Waals surface area contributed by atoms with Gasteiger partial charge in [-0.2, -0.15) is 0 Å². The number of amides is 3. The zero-order valence-electron chi connectivity index (χ0n) is 20.8. The molecule has 16 nitrogen and oxygen atoms in total. The number of rotatable bonds is 21. The molecule has 0 saturated carbocycles. The number of unbranched alkanes of at least 4 members (excludes halogenated alkanes) is 1. The lowest BCUT2D eigenvalue weighted by atomic mass is 10.3. The number of hydrogen-bond donors (Lipinski definition) is 5. The van der Waals surface area contributed by atoms with Gasteiger partial charge < -0.3 is 25.7 Å². The molecule has 0 unspecified atom stereocenters. The number of nitrogens with zero attached hydrogens (tertiary/aromatic N) is 4. The SMILES string of the molecule is O=C(O)CN(CCN(CCN(CC(=O)O)CC(=O)O)CC(=O)NCCCCN1C(=O)C=CC1=O)CC(=O)O. The van der Waals surface area contributed by atoms with Gasteiger partial charge in [-0.05, 0) is 12.8 Å². The molecular formula is C22H33N5O11. The van der Waals surface area contributed by atoms with Gasteiger partial charge in [0.05, 0.1) is 32.7 Å². The Balaban J connectivity index is 2.67. The smallest absolute Gasteiger partial charge is 0.317 e. The predicted molar refractivity (Wildman–Crippen MR) is 128 cm³/mol. The normalized spacial score (nSPS) is 13.1. The molecule has 0 bridgehead atoms. The van der Waals surface area contributed by atoms with Crippen LogP contribution in [-0.4, -0.2) is 154 Å². The molecule has 0 radical (unpaired) electrons. The summed E-state index contributed by atoms with van der Waals surface area (Å²) in [5, 5.41) is 38.7. The molecule has 0 aromatic rings. The maximum absolute atomic E-state index is 12.5. The van der Waals surface area contributed by atoms with Crippen molar-refractivity contribution < 1.29 is 54.0 Å². The third kappa shape index (κ3) is 14.0. The second-order valence-corrected chi connectivity index (χ2v) is 8.49. The molecule has 0 fully saturated rings. The molecule has 0 saturated heterocycles. The zero-order chi connectivity index (χ0) is 28.7. The zero-order valence-corrected chi connectivity index (χ0v) is 20.8. The quantitative estimate of drug-likeness (QED) is 0.0721. The number of nitrogens with one attached hydrogen (secondary N) is 1. The minimum absolute atomic E-state index is 0.0321. The molecule has 38 heavy (non-hydrogen) atoms. The highest BCUT2D eigenvalue weighted by Gasteiger charge is 2.22. The summed E-state index contributed by atoms with van der Waals surface area (Å²) in [5.41, 5.74) is 0. The summed E-state index contributed by atoms with van der Waals surface area (Å²) in [7, 11) is 0. The van der Waals surface area contributed by atoms with Crippen LogP contribution in [0.5, 0.6) is 0 Å². The number of imide groups is 1. The van der Waals surface area contributed by atoms with Gasteiger partial charge in [-0.1, -0.05) is 0 Å². The molecule has 0 aromatic carbocycles. The molecule has 0 spiro atoms. The van der Waals surface area contributed by atoms with E-state index in [-0.39, 0.29) is 45.8 Å². The van der Waals surface area contributed by atoms with Gasteiger partial charge >= 0.3 is 23.9 Å². The van der Waals surface area contributed by atoms with Crippen molar-refractivity contribution in [3.63, 3.8) is 0 Å². The first-order valence-electron chi connectivity index (χ1n) is 11.7. The Morgan fingerprint density at radius 3 is 1.42 bits per heavy atom. The van der Waals surface area contributed by atoms with Crippen molar-refractivity contribution in [3.8, 4) is 0 Å². The summed E-state index contributed by atoms with van der Waals surface area (Å²) in [6.45, 7) is -1.91. The number of carbonyl (C=O) groups is 7. The molecule has 0 atom stereocenters. The van der Waals surface area contributed by atoms with Crippen LogP contribution in [0.3, 0.4) is 0 Å². The van der Waals surface area contributed by atoms with Gasteiger partial charge in [-0.15, -0.1) is 0 Å². The third-order valence-corrected chi connectivity index (χ3v) is 5.30. The van der Waals surface area contributed by atoms with Crippen molar-refractivity contribution in [2.24, 2.45) is 0 Å². The van der Waals surface area contributed by atoms with Gasteiger partial charge in [0.2, 0.25) is 5.91 Å². The Bertz CT molecular complexity index is 833. The molecule has 0 aromatic heterocycles. The average Bonchev–Trinajstić information content (AvgIpc) is 3.10. The Hall–Kier alpha value is -3.89. The summed E-state index contributed by atoms with van der Waals surface area (Å²) < 4.78 is 0. The molecule has 16 heteroatoms. The lowest BCUT2D eigenvalue weighted by Crippen LogP contribution is -2.47. The van der Waals surface area contributed by atoms with E-state index in [0.717, 1.165) is 14.7 Å². The van der Waals surface area contributed by atoms with Crippen molar-refractivity contribution in [3.05, 3.63) is 12.2 Å². The van der Waals surface area contributed by atoms with E-state index in [2.05, 4.69) is 5.32 Å². The van der Waals surface area contributed by atoms with E-state index in [4.69, 9.17) is 20.4 Å². The van der Waals surface area contributed by atoms with E-state index in [1.54, 1.807) is 0 Å². The maximum Gasteiger partial charge on any atom is 0.317 e. The van der Waals surface area contributed by atoms with Crippen molar-refractivity contribution in [1.82, 2.24) is 24.9 Å². The standard InChI is InChI=1S/C22H33N5O11/c28-16(23-5-1-2-6-27-17(29)3-4-18(27)30)11-24(7-9-25(12-19(31)32)13-20(33)34)8-10-26(14-21(35)36)15-22(37)38/h3-4H,1-2,5-15H2,(H,23,28)(H,31,32)(H,33,34)(H,35,36)(H,37,38). The molecule has 3 amide bonds. The first-order chi connectivity index (χ1) is 17.9. The summed E-state index contributed by atoms with van der Waals surface area (Å²) >= 11 is 0. The van der Waals surface area contributed by atoms with Crippen LogP contribution in [0.1, 0.15) is 12.8 Å². The summed E-state index contributed by atoms with van der Waals surface area (Å²) in [5.74, 6) is -6.17. The van der Waals surface area contributed by atoms with Crippen LogP contribution in [0, 0.1) is 0 Å². The van der Waals surface area contributed by atoms with E-state index >= 15 is 0 Å². The van der Waals surface area contributed by atoms with E-state index < -0.39 is 67.8 Å². The van der Waals surface area contributed by atoms with Gasteiger partial charge in [0, 0.05) is 51.4 Å². The maximum atomic E-state index is 12.5. The Morgan fingerprint density at radius 1 is 0.632 bits per heavy atom. The average molecular weight is 544 g/mol. The van der Waals surface area contributed by atoms with Crippen molar-refractivity contribution in [2.45, 2.75) is 12.8 Å². The molecule has 1 rings (SSSR count). The van der Waals surface area contributed by atoms with Crippen molar-refractivity contribution in [1.29, 1.82) is 0 Å². The topological polar surface area (TPSA) is 225 Å². The van der Waals surface area contributed by atoms with Gasteiger partial charge in [-0.25, -0.2) is 0 Å². The van der Waals surface area contributed by atoms with Crippen LogP contribution in [0.4, 0.5) is 0 Å². The second-order valence-electron chi connectivity index (χ2n) is 8.49. The largest absolute Gasteiger partial charge is 0.480 e. The van der Waals surface area contributed by atoms with Gasteiger partial charge in [0.1, 0.15) is 0 Å². The monoisotopic (exact) mass is 543 g/mol. The van der Waals surface area contributed by atoms with E-state index in [9.17, 15) is 33.6 Å². The van der Waals surface area contributed by atoms with Crippen LogP contribution in [0.15, 0.2) is 12.2 Å². The minimum atomic E-state index is -1.24. The van der Waals surface area contributed by atoms with E-state index in [1.165, 1.54) is 17.1 Å². The minimum Gasteiger partial charge on any atom is -0.480 e. The number of carboxylic acid groups (broad SMARTS) is 4. The van der Waals surface area contributed by atoms with Crippen LogP contribution in [0.25, 0.3) is 0 Å². The highest BCUT2D eigenvalue weighted by atomic mass is 16.4. The number of aliphatic carboxylic acids is 4. The van der Waals surface area contributed by atoms with Crippen LogP contribution in [-0.2, 0) is 33.6 Å². The third-order valence-electron chi connectivity index (χ3n) is 5.30. The number of hydrogen-bond acceptors (Lipinski definition) is 10. The van der Waals surface area contributed by atoms with Gasteiger partial charge in [-0.3, -0.25) is 53.2 Å². The molecule has 1 heterocycles. The molecule has 5 N–H and O–H groups in total. The fraction of sp³-hybridized carbons (Fsp3) is 0.591. The molecule has 0 aliphatic carbocycles. The van der Waals surface area contributed by atoms with Crippen molar-refractivity contribution in [2.75, 3.05) is 72.0 Å². The lowest BCUT2D eigenvalue weighted by Gasteiger charge is -2.28. The molecular weight excluding hydrogens is 510 g/mol. The lowest BCUT2D eigenvalue weighted by molar-refractivity contribution is -0.143. The number of carboxylic acids is 4. The van der Waals surface area contributed by atoms with E-state index in [1.807, 2.05) is 0 Å². The van der Waals surface area contributed by atoms with Gasteiger partial charge in [0.15, 0.2) is 0 Å². The first-order valence-corrected chi connectivity index (χ1v) is 11.7. The van der Waals surface area contributed by atoms with Gasteiger partial charge in [0.25, 0.3) is 11.8 Å². The first kappa shape index (κ1) is 32.1. The fourth-order valence-electron chi connectivity index (χ4n) is 3.56. The molecule has 212 valence electrons. The van der Waals surface area contributed by atoms with Crippen LogP contribution >= 0.6 is 0 Å². The van der Waals surface area contributed by atoms with Crippen LogP contribution in [0.2, 0.25) is 0 Å². The Labute approximate surface area is 218 Å². The summed E-state index contributed by atoms with van der Waals surface area (Å²) in [6, 6.07) is 0. The van der Waals surface area contributed by atoms with Crippen molar-refractivity contribution >= 4 is 41.6 Å². The second kappa shape index (κ2) is 16.8. The Morgan fingerprint density at radius 2 is 1.03 bits per heavy atom. The van der Waals surface area contributed by atoms with E-state index in [0.29, 0.717) is 12.8 Å². The molecule has 1 aliphatic rings.